The van der Waals surface area contributed by atoms with E-state index in [0.717, 1.165) is 73.0 Å². The Labute approximate surface area is 411 Å². The van der Waals surface area contributed by atoms with E-state index >= 15 is 0 Å². The first-order chi connectivity index (χ1) is 35.2. The highest BCUT2D eigenvalue weighted by Crippen LogP contribution is 2.63. The number of hydrogen-bond acceptors (Lipinski definition) is 5. The van der Waals surface area contributed by atoms with Crippen molar-refractivity contribution in [2.45, 2.75) is 5.41 Å². The van der Waals surface area contributed by atoms with Gasteiger partial charge in [-0.1, -0.05) is 200 Å². The Morgan fingerprint density at radius 2 is 0.775 bits per heavy atom. The van der Waals surface area contributed by atoms with Crippen molar-refractivity contribution in [3.63, 3.8) is 0 Å². The third kappa shape index (κ3) is 6.42. The molecule has 2 aliphatic rings. The van der Waals surface area contributed by atoms with E-state index in [1.54, 1.807) is 0 Å². The average Bonchev–Trinajstić information content (AvgIpc) is 3.99. The van der Waals surface area contributed by atoms with Gasteiger partial charge in [0.2, 0.25) is 0 Å². The molecule has 1 aliphatic carbocycles. The molecule has 0 fully saturated rings. The molecule has 0 bridgehead atoms. The second kappa shape index (κ2) is 16.3. The summed E-state index contributed by atoms with van der Waals surface area (Å²) in [4.78, 5) is 22.9. The van der Waals surface area contributed by atoms with Crippen LogP contribution in [0.1, 0.15) is 22.3 Å². The van der Waals surface area contributed by atoms with Crippen molar-refractivity contribution in [1.29, 1.82) is 0 Å². The maximum Gasteiger partial charge on any atom is 0.164 e. The Morgan fingerprint density at radius 1 is 0.296 bits per heavy atom. The van der Waals surface area contributed by atoms with Crippen LogP contribution >= 0.6 is 0 Å². The standard InChI is InChI=1S/C65H42N6/c1-4-20-43(21-5-1)61-67-62(44-22-6-2-7-23-44)69-63(68-61)48-27-19-28-49(41-48)70-58-36-16-14-34-55(58)65(53-32-12-10-30-51(53)52-31-11-13-33-54(52)65)56-42-47(38-39-59(56)70)46-26-18-29-50(40-46)71-60-37-17-15-35-57(60)66-64(71)45-24-8-3-9-25-45/h1-42H. The number of imidazole rings is 1. The van der Waals surface area contributed by atoms with Gasteiger partial charge in [0.25, 0.3) is 0 Å². The Kier molecular flexibility index (Phi) is 9.32. The highest BCUT2D eigenvalue weighted by Gasteiger charge is 2.51. The van der Waals surface area contributed by atoms with E-state index in [1.807, 2.05) is 60.7 Å². The molecule has 6 heteroatoms. The fraction of sp³-hybridized carbons (Fsp3) is 0.0154. The van der Waals surface area contributed by atoms with Gasteiger partial charge in [-0.2, -0.15) is 0 Å². The fourth-order valence-corrected chi connectivity index (χ4v) is 11.2. The van der Waals surface area contributed by atoms with E-state index in [4.69, 9.17) is 19.9 Å². The lowest BCUT2D eigenvalue weighted by Gasteiger charge is -2.45. The number of para-hydroxylation sites is 3. The van der Waals surface area contributed by atoms with E-state index in [0.29, 0.717) is 17.5 Å². The molecule has 0 N–H and O–H groups in total. The lowest BCUT2D eigenvalue weighted by Crippen LogP contribution is -2.36. The zero-order chi connectivity index (χ0) is 46.9. The van der Waals surface area contributed by atoms with Crippen molar-refractivity contribution < 1.29 is 0 Å². The summed E-state index contributed by atoms with van der Waals surface area (Å²) in [6.07, 6.45) is 0. The van der Waals surface area contributed by atoms with Gasteiger partial charge in [-0.25, -0.2) is 19.9 Å². The summed E-state index contributed by atoms with van der Waals surface area (Å²) in [5.41, 5.74) is 19.2. The second-order valence-electron chi connectivity index (χ2n) is 18.2. The van der Waals surface area contributed by atoms with Gasteiger partial charge >= 0.3 is 0 Å². The first-order valence-corrected chi connectivity index (χ1v) is 24.1. The van der Waals surface area contributed by atoms with Crippen molar-refractivity contribution in [2.24, 2.45) is 0 Å². The molecule has 1 spiro atoms. The number of rotatable bonds is 7. The number of hydrogen-bond donors (Lipinski definition) is 0. The Morgan fingerprint density at radius 3 is 1.45 bits per heavy atom. The SMILES string of the molecule is c1ccc(-c2nc(-c3ccccc3)nc(-c3cccc(N4c5ccccc5C5(c6ccccc6-c6ccccc65)c5cc(-c6cccc(-n7c(-c8ccccc8)nc8ccccc87)c6)ccc54)c3)n2)cc1. The van der Waals surface area contributed by atoms with E-state index in [9.17, 15) is 0 Å². The maximum absolute atomic E-state index is 5.18. The molecule has 0 amide bonds. The number of benzene rings is 10. The maximum atomic E-state index is 5.18. The summed E-state index contributed by atoms with van der Waals surface area (Å²) in [7, 11) is 0. The minimum atomic E-state index is -0.620. The molecule has 1 aliphatic heterocycles. The minimum absolute atomic E-state index is 0.608. The lowest BCUT2D eigenvalue weighted by molar-refractivity contribution is 0.753. The van der Waals surface area contributed by atoms with Crippen LogP contribution in [0.5, 0.6) is 0 Å². The third-order valence-electron chi connectivity index (χ3n) is 14.2. The number of aromatic nitrogens is 5. The van der Waals surface area contributed by atoms with Gasteiger partial charge < -0.3 is 4.90 Å². The highest BCUT2D eigenvalue weighted by atomic mass is 15.2. The van der Waals surface area contributed by atoms with Crippen LogP contribution in [-0.4, -0.2) is 24.5 Å². The third-order valence-corrected chi connectivity index (χ3v) is 14.2. The first-order valence-electron chi connectivity index (χ1n) is 24.1. The summed E-state index contributed by atoms with van der Waals surface area (Å²) in [5, 5.41) is 0. The second-order valence-corrected chi connectivity index (χ2v) is 18.2. The predicted octanol–water partition coefficient (Wildman–Crippen LogP) is 15.7. The molecule has 14 rings (SSSR count). The van der Waals surface area contributed by atoms with Crippen LogP contribution in [-0.2, 0) is 5.41 Å². The normalized spacial score (nSPS) is 12.9. The Bertz CT molecular complexity index is 3910. The monoisotopic (exact) mass is 906 g/mol. The summed E-state index contributed by atoms with van der Waals surface area (Å²) < 4.78 is 2.29. The van der Waals surface area contributed by atoms with Gasteiger partial charge in [-0.15, -0.1) is 0 Å². The molecule has 71 heavy (non-hydrogen) atoms. The first kappa shape index (κ1) is 40.5. The molecule has 10 aromatic carbocycles. The van der Waals surface area contributed by atoms with Crippen LogP contribution in [0.15, 0.2) is 255 Å². The summed E-state index contributed by atoms with van der Waals surface area (Å²) in [5.74, 6) is 2.77. The summed E-state index contributed by atoms with van der Waals surface area (Å²) in [6, 6.07) is 90.7. The van der Waals surface area contributed by atoms with Crippen LogP contribution in [0.25, 0.3) is 84.5 Å². The molecule has 6 nitrogen and oxygen atoms in total. The van der Waals surface area contributed by atoms with Gasteiger partial charge in [0, 0.05) is 33.6 Å². The zero-order valence-electron chi connectivity index (χ0n) is 38.4. The van der Waals surface area contributed by atoms with Gasteiger partial charge in [-0.05, 0) is 99.1 Å². The average molecular weight is 907 g/mol. The quantitative estimate of drug-likeness (QED) is 0.159. The molecular formula is C65H42N6. The topological polar surface area (TPSA) is 59.7 Å². The van der Waals surface area contributed by atoms with Crippen molar-refractivity contribution in [3.8, 4) is 73.5 Å². The van der Waals surface area contributed by atoms with Gasteiger partial charge in [0.15, 0.2) is 17.5 Å². The van der Waals surface area contributed by atoms with E-state index < -0.39 is 5.41 Å². The molecule has 0 saturated carbocycles. The Hall–Kier alpha value is -9.52. The van der Waals surface area contributed by atoms with Crippen molar-refractivity contribution >= 4 is 28.1 Å². The van der Waals surface area contributed by atoms with Gasteiger partial charge in [-0.3, -0.25) is 4.57 Å². The van der Waals surface area contributed by atoms with E-state index in [2.05, 4.69) is 204 Å². The number of anilines is 3. The molecule has 0 radical (unpaired) electrons. The molecular weight excluding hydrogens is 865 g/mol. The predicted molar refractivity (Wildman–Crippen MR) is 287 cm³/mol. The van der Waals surface area contributed by atoms with Crippen LogP contribution in [0.4, 0.5) is 17.1 Å². The fourth-order valence-electron chi connectivity index (χ4n) is 11.2. The largest absolute Gasteiger partial charge is 0.310 e. The highest BCUT2D eigenvalue weighted by molar-refractivity contribution is 5.97. The van der Waals surface area contributed by atoms with Crippen LogP contribution < -0.4 is 4.90 Å². The molecule has 3 heterocycles. The molecule has 332 valence electrons. The lowest BCUT2D eigenvalue weighted by atomic mass is 9.64. The molecule has 0 atom stereocenters. The zero-order valence-corrected chi connectivity index (χ0v) is 38.4. The van der Waals surface area contributed by atoms with E-state index in [1.165, 1.54) is 33.4 Å². The molecule has 0 saturated heterocycles. The number of nitrogens with zero attached hydrogens (tertiary/aromatic N) is 6. The van der Waals surface area contributed by atoms with Crippen LogP contribution in [0.2, 0.25) is 0 Å². The van der Waals surface area contributed by atoms with Crippen LogP contribution in [0, 0.1) is 0 Å². The van der Waals surface area contributed by atoms with Gasteiger partial charge in [0.1, 0.15) is 5.82 Å². The van der Waals surface area contributed by atoms with Crippen molar-refractivity contribution in [1.82, 2.24) is 24.5 Å². The molecule has 0 unspecified atom stereocenters. The molecule has 2 aromatic heterocycles. The number of fused-ring (bicyclic) bond motifs is 10. The van der Waals surface area contributed by atoms with Gasteiger partial charge in [0.05, 0.1) is 27.8 Å². The van der Waals surface area contributed by atoms with E-state index in [-0.39, 0.29) is 0 Å². The minimum Gasteiger partial charge on any atom is -0.310 e. The van der Waals surface area contributed by atoms with Crippen molar-refractivity contribution in [3.05, 3.63) is 277 Å². The summed E-state index contributed by atoms with van der Waals surface area (Å²) >= 11 is 0. The molecule has 12 aromatic rings. The smallest absolute Gasteiger partial charge is 0.164 e. The summed E-state index contributed by atoms with van der Waals surface area (Å²) in [6.45, 7) is 0. The van der Waals surface area contributed by atoms with Crippen molar-refractivity contribution in [2.75, 3.05) is 4.90 Å². The Balaban J connectivity index is 0.982. The van der Waals surface area contributed by atoms with Crippen LogP contribution in [0.3, 0.4) is 0 Å².